The molecule has 0 radical (unpaired) electrons. The van der Waals surface area contributed by atoms with Gasteiger partial charge in [-0.05, 0) is 42.3 Å². The fraction of sp³-hybridized carbons (Fsp3) is 0.250. The monoisotopic (exact) mass is 472 g/mol. The zero-order valence-corrected chi connectivity index (χ0v) is 18.1. The molecule has 1 unspecified atom stereocenters. The minimum absolute atomic E-state index is 0.00196. The highest BCUT2D eigenvalue weighted by Crippen LogP contribution is 2.27. The molecule has 29 heavy (non-hydrogen) atoms. The molecule has 0 aromatic heterocycles. The number of likely N-dealkylation sites (tertiary alicyclic amines) is 1. The average molecular weight is 474 g/mol. The van der Waals surface area contributed by atoms with Crippen LogP contribution in [0.3, 0.4) is 0 Å². The van der Waals surface area contributed by atoms with Crippen LogP contribution in [0, 0.1) is 5.92 Å². The number of ketones is 1. The van der Waals surface area contributed by atoms with Crippen molar-refractivity contribution < 1.29 is 14.4 Å². The van der Waals surface area contributed by atoms with E-state index in [1.54, 1.807) is 30.3 Å². The van der Waals surface area contributed by atoms with E-state index in [2.05, 4.69) is 5.32 Å². The summed E-state index contributed by atoms with van der Waals surface area (Å²) in [6, 6.07) is 9.10. The molecule has 3 rings (SSSR count). The molecule has 1 saturated heterocycles. The Morgan fingerprint density at radius 2 is 1.76 bits per heavy atom. The van der Waals surface area contributed by atoms with Crippen molar-refractivity contribution in [2.75, 3.05) is 11.9 Å². The quantitative estimate of drug-likeness (QED) is 0.589. The molecule has 3 amide bonds. The molecule has 0 spiro atoms. The van der Waals surface area contributed by atoms with E-state index >= 15 is 0 Å². The molecular formula is C20H16Cl4N2O3. The Morgan fingerprint density at radius 3 is 2.45 bits per heavy atom. The fourth-order valence-corrected chi connectivity index (χ4v) is 3.87. The molecule has 152 valence electrons. The van der Waals surface area contributed by atoms with Crippen LogP contribution in [-0.4, -0.2) is 29.2 Å². The van der Waals surface area contributed by atoms with Crippen LogP contribution in [0.15, 0.2) is 36.4 Å². The van der Waals surface area contributed by atoms with Crippen molar-refractivity contribution in [3.05, 3.63) is 62.1 Å². The van der Waals surface area contributed by atoms with Gasteiger partial charge < -0.3 is 5.32 Å². The highest BCUT2D eigenvalue weighted by molar-refractivity contribution is 6.42. The first kappa shape index (κ1) is 21.9. The summed E-state index contributed by atoms with van der Waals surface area (Å²) in [6.45, 7) is 0.0408. The van der Waals surface area contributed by atoms with Crippen molar-refractivity contribution in [3.63, 3.8) is 0 Å². The number of carbonyl (C=O) groups excluding carboxylic acids is 3. The van der Waals surface area contributed by atoms with E-state index in [4.69, 9.17) is 46.4 Å². The first-order valence-electron chi connectivity index (χ1n) is 8.77. The molecule has 0 bridgehead atoms. The number of rotatable bonds is 5. The van der Waals surface area contributed by atoms with Crippen molar-refractivity contribution in [1.29, 1.82) is 0 Å². The Morgan fingerprint density at radius 1 is 1.00 bits per heavy atom. The molecule has 1 aliphatic heterocycles. The van der Waals surface area contributed by atoms with Crippen LogP contribution < -0.4 is 5.32 Å². The smallest absolute Gasteiger partial charge is 0.307 e. The van der Waals surface area contributed by atoms with Crippen molar-refractivity contribution in [2.24, 2.45) is 5.92 Å². The maximum Gasteiger partial charge on any atom is 0.328 e. The standard InChI is InChI=1S/C20H16Cl4N2O3/c21-13-3-1-11(16(23)8-13)2-6-18(27)12-7-19(28)26(10-12)20(29)25-14-4-5-15(22)17(24)9-14/h1,3-5,8-9,12H,2,6-7,10H2,(H,25,29). The van der Waals surface area contributed by atoms with Crippen LogP contribution in [0.25, 0.3) is 0 Å². The molecule has 1 N–H and O–H groups in total. The summed E-state index contributed by atoms with van der Waals surface area (Å²) in [5, 5.41) is 4.25. The number of Topliss-reactive ketones (excluding diaryl/α,β-unsaturated/α-hetero) is 1. The highest BCUT2D eigenvalue weighted by atomic mass is 35.5. The summed E-state index contributed by atoms with van der Waals surface area (Å²) in [5.74, 6) is -1.02. The molecular weight excluding hydrogens is 458 g/mol. The topological polar surface area (TPSA) is 66.5 Å². The lowest BCUT2D eigenvalue weighted by molar-refractivity contribution is -0.126. The molecule has 1 atom stereocenters. The lowest BCUT2D eigenvalue weighted by Crippen LogP contribution is -2.36. The molecule has 9 heteroatoms. The van der Waals surface area contributed by atoms with Crippen molar-refractivity contribution >= 4 is 69.8 Å². The van der Waals surface area contributed by atoms with Crippen LogP contribution in [0.4, 0.5) is 10.5 Å². The Labute approximate surface area is 187 Å². The summed E-state index contributed by atoms with van der Waals surface area (Å²) in [6.07, 6.45) is 0.665. The number of hydrogen-bond acceptors (Lipinski definition) is 3. The number of benzene rings is 2. The first-order valence-corrected chi connectivity index (χ1v) is 10.3. The Bertz CT molecular complexity index is 980. The van der Waals surface area contributed by atoms with Gasteiger partial charge in [0.05, 0.1) is 10.0 Å². The third-order valence-corrected chi connectivity index (χ3v) is 5.98. The molecule has 0 aliphatic carbocycles. The second-order valence-corrected chi connectivity index (χ2v) is 8.32. The van der Waals surface area contributed by atoms with E-state index in [0.29, 0.717) is 27.2 Å². The summed E-state index contributed by atoms with van der Waals surface area (Å²) < 4.78 is 0. The molecule has 1 heterocycles. The number of anilines is 1. The fourth-order valence-electron chi connectivity index (χ4n) is 3.07. The second-order valence-electron chi connectivity index (χ2n) is 6.67. The van der Waals surface area contributed by atoms with Gasteiger partial charge in [0.25, 0.3) is 0 Å². The normalized spacial score (nSPS) is 16.2. The van der Waals surface area contributed by atoms with Gasteiger partial charge in [-0.15, -0.1) is 0 Å². The largest absolute Gasteiger partial charge is 0.328 e. The van der Waals surface area contributed by atoms with Gasteiger partial charge in [-0.25, -0.2) is 4.79 Å². The summed E-state index contributed by atoms with van der Waals surface area (Å²) in [7, 11) is 0. The third-order valence-electron chi connectivity index (χ3n) is 4.65. The maximum atomic E-state index is 12.5. The predicted molar refractivity (Wildman–Crippen MR) is 115 cm³/mol. The van der Waals surface area contributed by atoms with Gasteiger partial charge >= 0.3 is 6.03 Å². The first-order chi connectivity index (χ1) is 13.7. The minimum Gasteiger partial charge on any atom is -0.307 e. The van der Waals surface area contributed by atoms with Crippen LogP contribution in [-0.2, 0) is 16.0 Å². The Kier molecular flexibility index (Phi) is 7.06. The van der Waals surface area contributed by atoms with E-state index in [9.17, 15) is 14.4 Å². The Hall–Kier alpha value is -1.79. The van der Waals surface area contributed by atoms with Crippen molar-refractivity contribution in [1.82, 2.24) is 4.90 Å². The van der Waals surface area contributed by atoms with Gasteiger partial charge in [-0.2, -0.15) is 0 Å². The SMILES string of the molecule is O=C(CCc1ccc(Cl)cc1Cl)C1CC(=O)N(C(=O)Nc2ccc(Cl)c(Cl)c2)C1. The molecule has 5 nitrogen and oxygen atoms in total. The van der Waals surface area contributed by atoms with Crippen LogP contribution in [0.5, 0.6) is 0 Å². The van der Waals surface area contributed by atoms with E-state index in [-0.39, 0.29) is 30.2 Å². The number of halogens is 4. The minimum atomic E-state index is -0.607. The van der Waals surface area contributed by atoms with Gasteiger partial charge in [0, 0.05) is 41.0 Å². The summed E-state index contributed by atoms with van der Waals surface area (Å²) in [4.78, 5) is 38.2. The van der Waals surface area contributed by atoms with Gasteiger partial charge in [0.2, 0.25) is 5.91 Å². The molecule has 1 fully saturated rings. The summed E-state index contributed by atoms with van der Waals surface area (Å²) in [5.41, 5.74) is 1.22. The summed E-state index contributed by atoms with van der Waals surface area (Å²) >= 11 is 23.8. The Balaban J connectivity index is 1.57. The number of amides is 3. The van der Waals surface area contributed by atoms with E-state index < -0.39 is 17.9 Å². The molecule has 2 aromatic carbocycles. The van der Waals surface area contributed by atoms with Gasteiger partial charge in [0.15, 0.2) is 0 Å². The van der Waals surface area contributed by atoms with Crippen LogP contribution >= 0.6 is 46.4 Å². The van der Waals surface area contributed by atoms with Gasteiger partial charge in [0.1, 0.15) is 5.78 Å². The number of imide groups is 1. The van der Waals surface area contributed by atoms with E-state index in [0.717, 1.165) is 10.5 Å². The molecule has 1 aliphatic rings. The highest BCUT2D eigenvalue weighted by Gasteiger charge is 2.37. The van der Waals surface area contributed by atoms with Crippen LogP contribution in [0.1, 0.15) is 18.4 Å². The average Bonchev–Trinajstić information content (AvgIpc) is 3.06. The molecule has 0 saturated carbocycles. The third kappa shape index (κ3) is 5.43. The lowest BCUT2D eigenvalue weighted by atomic mass is 9.97. The van der Waals surface area contributed by atoms with Crippen molar-refractivity contribution in [3.8, 4) is 0 Å². The number of hydrogen-bond donors (Lipinski definition) is 1. The van der Waals surface area contributed by atoms with Gasteiger partial charge in [-0.3, -0.25) is 14.5 Å². The van der Waals surface area contributed by atoms with Crippen LogP contribution in [0.2, 0.25) is 20.1 Å². The van der Waals surface area contributed by atoms with Gasteiger partial charge in [-0.1, -0.05) is 52.5 Å². The number of aryl methyl sites for hydroxylation is 1. The van der Waals surface area contributed by atoms with Crippen molar-refractivity contribution in [2.45, 2.75) is 19.3 Å². The zero-order valence-electron chi connectivity index (χ0n) is 15.1. The predicted octanol–water partition coefficient (Wildman–Crippen LogP) is 5.88. The number of nitrogens with one attached hydrogen (secondary N) is 1. The van der Waals surface area contributed by atoms with E-state index in [1.165, 1.54) is 6.07 Å². The second kappa shape index (κ2) is 9.35. The zero-order chi connectivity index (χ0) is 21.1. The number of carbonyl (C=O) groups is 3. The number of urea groups is 1. The maximum absolute atomic E-state index is 12.5. The van der Waals surface area contributed by atoms with E-state index in [1.807, 2.05) is 0 Å². The lowest BCUT2D eigenvalue weighted by Gasteiger charge is -2.16. The molecule has 2 aromatic rings. The number of nitrogens with zero attached hydrogens (tertiary/aromatic N) is 1.